The molecule has 0 saturated carbocycles. The Kier molecular flexibility index (Phi) is 6.44. The number of hydrogen-bond acceptors (Lipinski definition) is 4. The van der Waals surface area contributed by atoms with E-state index in [0.29, 0.717) is 33.4 Å². The van der Waals surface area contributed by atoms with Crippen molar-refractivity contribution in [1.29, 1.82) is 0 Å². The lowest BCUT2D eigenvalue weighted by Gasteiger charge is -2.10. The quantitative estimate of drug-likeness (QED) is 0.586. The zero-order valence-electron chi connectivity index (χ0n) is 15.6. The lowest BCUT2D eigenvalue weighted by atomic mass is 10.1. The molecule has 0 aliphatic carbocycles. The van der Waals surface area contributed by atoms with Crippen molar-refractivity contribution in [3.8, 4) is 10.6 Å². The van der Waals surface area contributed by atoms with Crippen LogP contribution in [0.15, 0.2) is 48.5 Å². The number of hydrogen-bond donors (Lipinski definition) is 2. The maximum Gasteiger partial charge on any atom is 0.267 e. The molecule has 2 aromatic carbocycles. The largest absolute Gasteiger partial charge is 0.352 e. The van der Waals surface area contributed by atoms with E-state index >= 15 is 0 Å². The Morgan fingerprint density at radius 3 is 2.64 bits per heavy atom. The second-order valence-corrected chi connectivity index (χ2v) is 7.64. The van der Waals surface area contributed by atoms with E-state index in [1.54, 1.807) is 37.3 Å². The van der Waals surface area contributed by atoms with Gasteiger partial charge in [-0.3, -0.25) is 9.59 Å². The fourth-order valence-electron chi connectivity index (χ4n) is 2.66. The molecule has 0 bridgehead atoms. The Morgan fingerprint density at radius 2 is 1.89 bits per heavy atom. The molecule has 0 spiro atoms. The predicted molar refractivity (Wildman–Crippen MR) is 114 cm³/mol. The van der Waals surface area contributed by atoms with Gasteiger partial charge in [0.25, 0.3) is 11.8 Å². The Bertz CT molecular complexity index is 1020. The molecule has 0 atom stereocenters. The van der Waals surface area contributed by atoms with Gasteiger partial charge < -0.3 is 10.6 Å². The van der Waals surface area contributed by atoms with Gasteiger partial charge >= 0.3 is 0 Å². The first kappa shape index (κ1) is 20.0. The number of amides is 2. The molecule has 0 radical (unpaired) electrons. The van der Waals surface area contributed by atoms with E-state index < -0.39 is 0 Å². The molecule has 0 aliphatic heterocycles. The van der Waals surface area contributed by atoms with Crippen LogP contribution in [0, 0.1) is 6.92 Å². The summed E-state index contributed by atoms with van der Waals surface area (Å²) in [6.45, 7) is 4.36. The lowest BCUT2D eigenvalue weighted by molar-refractivity contribution is 0.0954. The summed E-state index contributed by atoms with van der Waals surface area (Å²) in [6.07, 6.45) is 0.840. The Morgan fingerprint density at radius 1 is 1.11 bits per heavy atom. The zero-order valence-corrected chi connectivity index (χ0v) is 17.2. The summed E-state index contributed by atoms with van der Waals surface area (Å²) in [5, 5.41) is 7.01. The van der Waals surface area contributed by atoms with Gasteiger partial charge in [0.1, 0.15) is 9.88 Å². The van der Waals surface area contributed by atoms with Crippen LogP contribution >= 0.6 is 22.9 Å². The Balaban J connectivity index is 1.84. The number of thiazole rings is 1. The number of rotatable bonds is 6. The molecular weight excluding hydrogens is 394 g/mol. The molecule has 1 heterocycles. The molecule has 3 rings (SSSR count). The summed E-state index contributed by atoms with van der Waals surface area (Å²) >= 11 is 7.35. The Labute approximate surface area is 172 Å². The molecule has 0 saturated heterocycles. The average Bonchev–Trinajstić information content (AvgIpc) is 3.08. The lowest BCUT2D eigenvalue weighted by Crippen LogP contribution is -2.25. The highest BCUT2D eigenvalue weighted by molar-refractivity contribution is 7.17. The van der Waals surface area contributed by atoms with Crippen LogP contribution in [-0.4, -0.2) is 23.3 Å². The smallest absolute Gasteiger partial charge is 0.267 e. The van der Waals surface area contributed by atoms with Gasteiger partial charge in [0, 0.05) is 17.1 Å². The molecule has 2 amide bonds. The van der Waals surface area contributed by atoms with Gasteiger partial charge in [0.05, 0.1) is 16.9 Å². The van der Waals surface area contributed by atoms with E-state index in [-0.39, 0.29) is 11.8 Å². The number of nitrogens with zero attached hydrogens (tertiary/aromatic N) is 1. The summed E-state index contributed by atoms with van der Waals surface area (Å²) in [6, 6.07) is 14.3. The Hall–Kier alpha value is -2.70. The first-order valence-electron chi connectivity index (χ1n) is 8.91. The highest BCUT2D eigenvalue weighted by Crippen LogP contribution is 2.30. The molecule has 0 aliphatic rings. The second-order valence-electron chi connectivity index (χ2n) is 6.20. The van der Waals surface area contributed by atoms with Gasteiger partial charge in [-0.25, -0.2) is 4.98 Å². The van der Waals surface area contributed by atoms with E-state index in [2.05, 4.69) is 15.6 Å². The monoisotopic (exact) mass is 413 g/mol. The summed E-state index contributed by atoms with van der Waals surface area (Å²) in [5.74, 6) is -0.502. The number of benzene rings is 2. The van der Waals surface area contributed by atoms with Crippen molar-refractivity contribution in [1.82, 2.24) is 10.3 Å². The zero-order chi connectivity index (χ0) is 20.1. The highest BCUT2D eigenvalue weighted by Gasteiger charge is 2.19. The summed E-state index contributed by atoms with van der Waals surface area (Å²) in [7, 11) is 0. The highest BCUT2D eigenvalue weighted by atomic mass is 35.5. The van der Waals surface area contributed by atoms with Crippen molar-refractivity contribution >= 4 is 40.4 Å². The van der Waals surface area contributed by atoms with Crippen LogP contribution in [0.4, 0.5) is 5.69 Å². The number of halogens is 1. The van der Waals surface area contributed by atoms with Crippen LogP contribution < -0.4 is 10.6 Å². The SMILES string of the molecule is CCCNC(=O)c1ccccc1NC(=O)c1sc(-c2cccc(Cl)c2)nc1C. The van der Waals surface area contributed by atoms with Gasteiger partial charge in [-0.1, -0.05) is 42.8 Å². The number of para-hydroxylation sites is 1. The van der Waals surface area contributed by atoms with Crippen LogP contribution in [0.1, 0.15) is 39.1 Å². The standard InChI is InChI=1S/C21H20ClN3O2S/c1-3-11-23-19(26)16-9-4-5-10-17(16)25-20(27)18-13(2)24-21(28-18)14-7-6-8-15(22)12-14/h4-10,12H,3,11H2,1-2H3,(H,23,26)(H,25,27). The van der Waals surface area contributed by atoms with Crippen LogP contribution in [-0.2, 0) is 0 Å². The molecule has 3 aromatic rings. The molecule has 0 fully saturated rings. The van der Waals surface area contributed by atoms with Crippen LogP contribution in [0.3, 0.4) is 0 Å². The van der Waals surface area contributed by atoms with Crippen molar-refractivity contribution in [3.63, 3.8) is 0 Å². The third kappa shape index (κ3) is 4.58. The average molecular weight is 414 g/mol. The van der Waals surface area contributed by atoms with E-state index in [1.807, 2.05) is 25.1 Å². The number of nitrogens with one attached hydrogen (secondary N) is 2. The first-order valence-corrected chi connectivity index (χ1v) is 10.1. The number of anilines is 1. The minimum absolute atomic E-state index is 0.210. The van der Waals surface area contributed by atoms with E-state index in [9.17, 15) is 9.59 Å². The molecular formula is C21H20ClN3O2S. The van der Waals surface area contributed by atoms with Gasteiger partial charge in [-0.15, -0.1) is 11.3 Å². The predicted octanol–water partition coefficient (Wildman–Crippen LogP) is 5.16. The topological polar surface area (TPSA) is 71.1 Å². The van der Waals surface area contributed by atoms with Crippen molar-refractivity contribution < 1.29 is 9.59 Å². The minimum Gasteiger partial charge on any atom is -0.352 e. The first-order chi connectivity index (χ1) is 13.5. The van der Waals surface area contributed by atoms with Gasteiger partial charge in [0.2, 0.25) is 0 Å². The normalized spacial score (nSPS) is 10.5. The van der Waals surface area contributed by atoms with Crippen molar-refractivity contribution in [2.45, 2.75) is 20.3 Å². The van der Waals surface area contributed by atoms with Crippen LogP contribution in [0.5, 0.6) is 0 Å². The van der Waals surface area contributed by atoms with Gasteiger partial charge in [-0.05, 0) is 37.6 Å². The third-order valence-electron chi connectivity index (χ3n) is 4.03. The minimum atomic E-state index is -0.293. The molecule has 1 aromatic heterocycles. The molecule has 0 unspecified atom stereocenters. The summed E-state index contributed by atoms with van der Waals surface area (Å²) in [5.41, 5.74) is 2.39. The van der Waals surface area contributed by atoms with Crippen molar-refractivity contribution in [2.24, 2.45) is 0 Å². The van der Waals surface area contributed by atoms with Gasteiger partial charge in [-0.2, -0.15) is 0 Å². The number of carbonyl (C=O) groups excluding carboxylic acids is 2. The van der Waals surface area contributed by atoms with Crippen LogP contribution in [0.2, 0.25) is 5.02 Å². The summed E-state index contributed by atoms with van der Waals surface area (Å²) < 4.78 is 0. The fourth-order valence-corrected chi connectivity index (χ4v) is 3.80. The van der Waals surface area contributed by atoms with E-state index in [1.165, 1.54) is 11.3 Å². The molecule has 144 valence electrons. The number of aryl methyl sites for hydroxylation is 1. The maximum absolute atomic E-state index is 12.8. The second kappa shape index (κ2) is 8.99. The molecule has 5 nitrogen and oxygen atoms in total. The molecule has 7 heteroatoms. The maximum atomic E-state index is 12.8. The molecule has 2 N–H and O–H groups in total. The van der Waals surface area contributed by atoms with Crippen LogP contribution in [0.25, 0.3) is 10.6 Å². The number of carbonyl (C=O) groups is 2. The van der Waals surface area contributed by atoms with E-state index in [0.717, 1.165) is 17.0 Å². The fraction of sp³-hybridized carbons (Fsp3) is 0.190. The molecule has 28 heavy (non-hydrogen) atoms. The summed E-state index contributed by atoms with van der Waals surface area (Å²) in [4.78, 5) is 30.2. The third-order valence-corrected chi connectivity index (χ3v) is 5.47. The van der Waals surface area contributed by atoms with Gasteiger partial charge in [0.15, 0.2) is 0 Å². The number of aromatic nitrogens is 1. The van der Waals surface area contributed by atoms with E-state index in [4.69, 9.17) is 11.6 Å². The van der Waals surface area contributed by atoms with Crippen molar-refractivity contribution in [2.75, 3.05) is 11.9 Å². The van der Waals surface area contributed by atoms with Crippen molar-refractivity contribution in [3.05, 3.63) is 69.7 Å².